The lowest BCUT2D eigenvalue weighted by atomic mass is 9.71. The highest BCUT2D eigenvalue weighted by atomic mass is 16.2. The first-order valence-electron chi connectivity index (χ1n) is 9.11. The van der Waals surface area contributed by atoms with E-state index >= 15 is 0 Å². The molecule has 1 spiro atoms. The Bertz CT molecular complexity index is 733. The summed E-state index contributed by atoms with van der Waals surface area (Å²) in [4.78, 5) is 21.3. The standard InChI is InChI=1S/C21H25N3O/c1-17-4-6-18(7-5-17)14-23-11-8-21(9-12-23)16-24(20(21)25)15-19-3-2-10-22-13-19/h2-7,10,13H,8-9,11-12,14-16H2,1H3. The van der Waals surface area contributed by atoms with Gasteiger partial charge in [-0.3, -0.25) is 14.7 Å². The van der Waals surface area contributed by atoms with Crippen molar-refractivity contribution >= 4 is 5.91 Å². The van der Waals surface area contributed by atoms with Crippen LogP contribution in [-0.2, 0) is 17.9 Å². The van der Waals surface area contributed by atoms with E-state index in [0.29, 0.717) is 12.5 Å². The van der Waals surface area contributed by atoms with Gasteiger partial charge >= 0.3 is 0 Å². The Morgan fingerprint density at radius 2 is 1.80 bits per heavy atom. The smallest absolute Gasteiger partial charge is 0.231 e. The van der Waals surface area contributed by atoms with Crippen molar-refractivity contribution in [2.24, 2.45) is 5.41 Å². The second-order valence-electron chi connectivity index (χ2n) is 7.56. The van der Waals surface area contributed by atoms with Gasteiger partial charge in [0.1, 0.15) is 0 Å². The quantitative estimate of drug-likeness (QED) is 0.806. The van der Waals surface area contributed by atoms with Crippen LogP contribution in [0.25, 0.3) is 0 Å². The molecule has 2 aliphatic heterocycles. The molecule has 0 aliphatic carbocycles. The molecule has 4 rings (SSSR count). The van der Waals surface area contributed by atoms with Gasteiger partial charge in [0.15, 0.2) is 0 Å². The van der Waals surface area contributed by atoms with Crippen molar-refractivity contribution in [3.63, 3.8) is 0 Å². The molecule has 0 atom stereocenters. The number of piperidine rings is 1. The van der Waals surface area contributed by atoms with Crippen molar-refractivity contribution < 1.29 is 4.79 Å². The summed E-state index contributed by atoms with van der Waals surface area (Å²) >= 11 is 0. The fraction of sp³-hybridized carbons (Fsp3) is 0.429. The van der Waals surface area contributed by atoms with Gasteiger partial charge in [0.25, 0.3) is 0 Å². The summed E-state index contributed by atoms with van der Waals surface area (Å²) in [6, 6.07) is 12.7. The maximum atomic E-state index is 12.7. The van der Waals surface area contributed by atoms with E-state index in [4.69, 9.17) is 0 Å². The predicted octanol–water partition coefficient (Wildman–Crippen LogP) is 3.01. The van der Waals surface area contributed by atoms with Crippen molar-refractivity contribution in [3.8, 4) is 0 Å². The second-order valence-corrected chi connectivity index (χ2v) is 7.56. The largest absolute Gasteiger partial charge is 0.337 e. The van der Waals surface area contributed by atoms with Crippen LogP contribution in [0.3, 0.4) is 0 Å². The van der Waals surface area contributed by atoms with Gasteiger partial charge in [-0.1, -0.05) is 35.9 Å². The van der Waals surface area contributed by atoms with Gasteiger partial charge in [-0.2, -0.15) is 0 Å². The molecule has 0 N–H and O–H groups in total. The summed E-state index contributed by atoms with van der Waals surface area (Å²) in [6.07, 6.45) is 5.59. The highest BCUT2D eigenvalue weighted by Gasteiger charge is 2.52. The number of aryl methyl sites for hydroxylation is 1. The van der Waals surface area contributed by atoms with Gasteiger partial charge in [0.2, 0.25) is 5.91 Å². The van der Waals surface area contributed by atoms with Crippen LogP contribution in [0.15, 0.2) is 48.8 Å². The molecule has 1 aromatic heterocycles. The van der Waals surface area contributed by atoms with Gasteiger partial charge in [0.05, 0.1) is 5.41 Å². The monoisotopic (exact) mass is 335 g/mol. The normalized spacial score (nSPS) is 19.9. The first-order valence-corrected chi connectivity index (χ1v) is 9.11. The molecule has 25 heavy (non-hydrogen) atoms. The maximum absolute atomic E-state index is 12.7. The molecule has 1 amide bonds. The van der Waals surface area contributed by atoms with Gasteiger partial charge in [-0.15, -0.1) is 0 Å². The Hall–Kier alpha value is -2.20. The van der Waals surface area contributed by atoms with Crippen LogP contribution >= 0.6 is 0 Å². The zero-order valence-electron chi connectivity index (χ0n) is 14.8. The first-order chi connectivity index (χ1) is 12.1. The van der Waals surface area contributed by atoms with Gasteiger partial charge in [-0.05, 0) is 50.0 Å². The highest BCUT2D eigenvalue weighted by Crippen LogP contribution is 2.42. The molecular formula is C21H25N3O. The molecule has 2 fully saturated rings. The van der Waals surface area contributed by atoms with Crippen molar-refractivity contribution in [2.75, 3.05) is 19.6 Å². The molecule has 3 heterocycles. The molecule has 1 aromatic carbocycles. The molecule has 2 aliphatic rings. The number of nitrogens with zero attached hydrogens (tertiary/aromatic N) is 3. The van der Waals surface area contributed by atoms with E-state index in [2.05, 4.69) is 41.1 Å². The van der Waals surface area contributed by atoms with Crippen LogP contribution in [0.1, 0.15) is 29.5 Å². The molecular weight excluding hydrogens is 310 g/mol. The number of pyridine rings is 1. The van der Waals surface area contributed by atoms with Crippen LogP contribution < -0.4 is 0 Å². The van der Waals surface area contributed by atoms with E-state index in [1.165, 1.54) is 11.1 Å². The number of likely N-dealkylation sites (tertiary alicyclic amines) is 2. The van der Waals surface area contributed by atoms with Gasteiger partial charge in [0, 0.05) is 32.0 Å². The Morgan fingerprint density at radius 3 is 2.44 bits per heavy atom. The van der Waals surface area contributed by atoms with E-state index in [-0.39, 0.29) is 5.41 Å². The average molecular weight is 335 g/mol. The lowest BCUT2D eigenvalue weighted by Gasteiger charge is -2.52. The Balaban J connectivity index is 1.30. The van der Waals surface area contributed by atoms with Gasteiger partial charge in [-0.25, -0.2) is 0 Å². The van der Waals surface area contributed by atoms with Crippen LogP contribution in [0.5, 0.6) is 0 Å². The number of carbonyl (C=O) groups excluding carboxylic acids is 1. The average Bonchev–Trinajstić information content (AvgIpc) is 2.65. The first kappa shape index (κ1) is 16.3. The maximum Gasteiger partial charge on any atom is 0.231 e. The van der Waals surface area contributed by atoms with Crippen LogP contribution in [0.2, 0.25) is 0 Å². The fourth-order valence-electron chi connectivity index (χ4n) is 4.05. The molecule has 4 heteroatoms. The Kier molecular flexibility index (Phi) is 4.30. The molecule has 2 saturated heterocycles. The van der Waals surface area contributed by atoms with E-state index in [9.17, 15) is 4.79 Å². The lowest BCUT2D eigenvalue weighted by molar-refractivity contribution is -0.166. The lowest BCUT2D eigenvalue weighted by Crippen LogP contribution is -2.64. The van der Waals surface area contributed by atoms with Crippen LogP contribution in [-0.4, -0.2) is 40.3 Å². The minimum atomic E-state index is -0.0913. The molecule has 2 aromatic rings. The third kappa shape index (κ3) is 3.31. The van der Waals surface area contributed by atoms with Crippen molar-refractivity contribution in [1.29, 1.82) is 0 Å². The number of hydrogen-bond acceptors (Lipinski definition) is 3. The number of amides is 1. The number of β-lactam (4-membered cyclic amide) rings is 1. The number of benzene rings is 1. The molecule has 0 radical (unpaired) electrons. The summed E-state index contributed by atoms with van der Waals surface area (Å²) < 4.78 is 0. The molecule has 0 bridgehead atoms. The minimum Gasteiger partial charge on any atom is -0.337 e. The van der Waals surface area contributed by atoms with Crippen LogP contribution in [0, 0.1) is 12.3 Å². The summed E-state index contributed by atoms with van der Waals surface area (Å²) in [5.41, 5.74) is 3.68. The number of aromatic nitrogens is 1. The predicted molar refractivity (Wildman–Crippen MR) is 97.8 cm³/mol. The molecule has 0 unspecified atom stereocenters. The van der Waals surface area contributed by atoms with E-state index in [1.54, 1.807) is 6.20 Å². The SMILES string of the molecule is Cc1ccc(CN2CCC3(CC2)CN(Cc2cccnc2)C3=O)cc1. The van der Waals surface area contributed by atoms with E-state index < -0.39 is 0 Å². The van der Waals surface area contributed by atoms with Crippen molar-refractivity contribution in [1.82, 2.24) is 14.8 Å². The second kappa shape index (κ2) is 6.60. The molecule has 130 valence electrons. The van der Waals surface area contributed by atoms with Gasteiger partial charge < -0.3 is 4.90 Å². The Labute approximate surface area is 149 Å². The van der Waals surface area contributed by atoms with Crippen LogP contribution in [0.4, 0.5) is 0 Å². The number of carbonyl (C=O) groups is 1. The highest BCUT2D eigenvalue weighted by molar-refractivity contribution is 5.88. The van der Waals surface area contributed by atoms with Crippen molar-refractivity contribution in [3.05, 3.63) is 65.5 Å². The summed E-state index contributed by atoms with van der Waals surface area (Å²) in [6.45, 7) is 6.74. The molecule has 0 saturated carbocycles. The fourth-order valence-corrected chi connectivity index (χ4v) is 4.05. The third-order valence-corrected chi connectivity index (χ3v) is 5.67. The summed E-state index contributed by atoms with van der Waals surface area (Å²) in [5.74, 6) is 0.339. The topological polar surface area (TPSA) is 36.4 Å². The number of rotatable bonds is 4. The summed E-state index contributed by atoms with van der Waals surface area (Å²) in [7, 11) is 0. The van der Waals surface area contributed by atoms with E-state index in [1.807, 2.05) is 23.2 Å². The number of hydrogen-bond donors (Lipinski definition) is 0. The minimum absolute atomic E-state index is 0.0913. The zero-order chi connectivity index (χ0) is 17.3. The zero-order valence-corrected chi connectivity index (χ0v) is 14.8. The Morgan fingerprint density at radius 1 is 1.04 bits per heavy atom. The molecule has 4 nitrogen and oxygen atoms in total. The summed E-state index contributed by atoms with van der Waals surface area (Å²) in [5, 5.41) is 0. The third-order valence-electron chi connectivity index (χ3n) is 5.67. The van der Waals surface area contributed by atoms with E-state index in [0.717, 1.165) is 44.6 Å². The van der Waals surface area contributed by atoms with Crippen molar-refractivity contribution in [2.45, 2.75) is 32.9 Å².